The van der Waals surface area contributed by atoms with E-state index in [1.165, 1.54) is 6.07 Å². The summed E-state index contributed by atoms with van der Waals surface area (Å²) in [6.07, 6.45) is 4.79. The Hall–Kier alpha value is -2.89. The topological polar surface area (TPSA) is 81.2 Å². The van der Waals surface area contributed by atoms with Crippen LogP contribution in [0.5, 0.6) is 0 Å². The predicted molar refractivity (Wildman–Crippen MR) is 79.1 cm³/mol. The van der Waals surface area contributed by atoms with Crippen LogP contribution < -0.4 is 5.32 Å². The minimum absolute atomic E-state index is 0.0511. The molecule has 0 aliphatic heterocycles. The molecule has 106 valence electrons. The highest BCUT2D eigenvalue weighted by atomic mass is 16.6. The second-order valence-electron chi connectivity index (χ2n) is 4.69. The highest BCUT2D eigenvalue weighted by molar-refractivity contribution is 5.99. The second kappa shape index (κ2) is 5.24. The van der Waals surface area contributed by atoms with E-state index in [9.17, 15) is 10.1 Å². The number of hydrogen-bond donors (Lipinski definition) is 1. The number of rotatable bonds is 4. The number of nitrogens with one attached hydrogen (secondary N) is 1. The van der Waals surface area contributed by atoms with E-state index in [0.717, 1.165) is 11.4 Å². The van der Waals surface area contributed by atoms with Gasteiger partial charge in [-0.3, -0.25) is 15.1 Å². The van der Waals surface area contributed by atoms with E-state index in [4.69, 9.17) is 4.42 Å². The number of nitro groups is 1. The lowest BCUT2D eigenvalue weighted by atomic mass is 10.1. The predicted octanol–water partition coefficient (Wildman–Crippen LogP) is 3.91. The van der Waals surface area contributed by atoms with Gasteiger partial charge in [0, 0.05) is 29.5 Å². The molecule has 0 radical (unpaired) electrons. The van der Waals surface area contributed by atoms with E-state index in [1.807, 2.05) is 19.1 Å². The number of non-ortho nitro benzene ring substituents is 1. The summed E-state index contributed by atoms with van der Waals surface area (Å²) in [4.78, 5) is 14.8. The lowest BCUT2D eigenvalue weighted by Crippen LogP contribution is -2.06. The lowest BCUT2D eigenvalue weighted by molar-refractivity contribution is -0.383. The zero-order valence-electron chi connectivity index (χ0n) is 11.3. The standard InChI is InChI=1S/C15H13N3O3/c1-10(15-3-2-8-21-15)17-13-4-5-14(18(19)20)11-6-7-16-9-12(11)13/h2-10,17H,1H3. The molecule has 6 nitrogen and oxygen atoms in total. The van der Waals surface area contributed by atoms with E-state index in [2.05, 4.69) is 10.3 Å². The molecule has 1 atom stereocenters. The van der Waals surface area contributed by atoms with Gasteiger partial charge in [-0.1, -0.05) is 0 Å². The summed E-state index contributed by atoms with van der Waals surface area (Å²) in [6, 6.07) is 8.49. The largest absolute Gasteiger partial charge is 0.467 e. The van der Waals surface area contributed by atoms with Crippen LogP contribution in [0, 0.1) is 10.1 Å². The van der Waals surface area contributed by atoms with E-state index >= 15 is 0 Å². The Balaban J connectivity index is 2.04. The molecular formula is C15H13N3O3. The molecule has 1 aromatic carbocycles. The van der Waals surface area contributed by atoms with Gasteiger partial charge in [0.05, 0.1) is 22.6 Å². The molecule has 1 N–H and O–H groups in total. The fourth-order valence-electron chi connectivity index (χ4n) is 2.30. The first-order valence-electron chi connectivity index (χ1n) is 6.48. The Morgan fingerprint density at radius 2 is 2.14 bits per heavy atom. The zero-order chi connectivity index (χ0) is 14.8. The molecule has 0 fully saturated rings. The monoisotopic (exact) mass is 283 g/mol. The van der Waals surface area contributed by atoms with Crippen LogP contribution >= 0.6 is 0 Å². The number of furan rings is 1. The third-order valence-corrected chi connectivity index (χ3v) is 3.33. The highest BCUT2D eigenvalue weighted by Crippen LogP contribution is 2.32. The van der Waals surface area contributed by atoms with Gasteiger partial charge >= 0.3 is 0 Å². The van der Waals surface area contributed by atoms with E-state index in [0.29, 0.717) is 10.8 Å². The molecule has 3 rings (SSSR count). The number of benzene rings is 1. The van der Waals surface area contributed by atoms with Crippen LogP contribution in [0.2, 0.25) is 0 Å². The maximum absolute atomic E-state index is 11.1. The van der Waals surface area contributed by atoms with Crippen molar-refractivity contribution < 1.29 is 9.34 Å². The SMILES string of the molecule is CC(Nc1ccc([N+](=O)[O-])c2ccncc12)c1ccco1. The van der Waals surface area contributed by atoms with E-state index < -0.39 is 0 Å². The Bertz CT molecular complexity index is 784. The van der Waals surface area contributed by atoms with Gasteiger partial charge in [-0.2, -0.15) is 0 Å². The number of fused-ring (bicyclic) bond motifs is 1. The number of aromatic nitrogens is 1. The maximum atomic E-state index is 11.1. The van der Waals surface area contributed by atoms with Crippen molar-refractivity contribution in [2.45, 2.75) is 13.0 Å². The van der Waals surface area contributed by atoms with Crippen LogP contribution in [0.25, 0.3) is 10.8 Å². The van der Waals surface area contributed by atoms with Gasteiger partial charge in [0.2, 0.25) is 0 Å². The molecule has 0 spiro atoms. The van der Waals surface area contributed by atoms with Crippen LogP contribution in [-0.4, -0.2) is 9.91 Å². The third-order valence-electron chi connectivity index (χ3n) is 3.33. The molecule has 21 heavy (non-hydrogen) atoms. The summed E-state index contributed by atoms with van der Waals surface area (Å²) in [5, 5.41) is 15.7. The van der Waals surface area contributed by atoms with Gasteiger partial charge in [-0.05, 0) is 31.2 Å². The number of pyridine rings is 1. The number of nitro benzene ring substituents is 1. The Morgan fingerprint density at radius 3 is 2.86 bits per heavy atom. The second-order valence-corrected chi connectivity index (χ2v) is 4.69. The van der Waals surface area contributed by atoms with Crippen LogP contribution in [0.3, 0.4) is 0 Å². The smallest absolute Gasteiger partial charge is 0.277 e. The normalized spacial score (nSPS) is 12.2. The summed E-state index contributed by atoms with van der Waals surface area (Å²) in [7, 11) is 0. The summed E-state index contributed by atoms with van der Waals surface area (Å²) in [5.74, 6) is 0.797. The first kappa shape index (κ1) is 13.1. The molecule has 0 aliphatic rings. The molecule has 0 bridgehead atoms. The van der Waals surface area contributed by atoms with Gasteiger partial charge < -0.3 is 9.73 Å². The van der Waals surface area contributed by atoms with Crippen molar-refractivity contribution in [1.82, 2.24) is 4.98 Å². The van der Waals surface area contributed by atoms with Crippen LogP contribution in [0.15, 0.2) is 53.4 Å². The average Bonchev–Trinajstić information content (AvgIpc) is 3.01. The van der Waals surface area contributed by atoms with E-state index in [1.54, 1.807) is 30.8 Å². The van der Waals surface area contributed by atoms with Gasteiger partial charge in [0.1, 0.15) is 5.76 Å². The molecule has 0 amide bonds. The van der Waals surface area contributed by atoms with Gasteiger partial charge in [-0.15, -0.1) is 0 Å². The maximum Gasteiger partial charge on any atom is 0.277 e. The molecule has 0 saturated heterocycles. The van der Waals surface area contributed by atoms with Crippen molar-refractivity contribution in [1.29, 1.82) is 0 Å². The Kier molecular flexibility index (Phi) is 3.27. The first-order valence-corrected chi connectivity index (χ1v) is 6.48. The quantitative estimate of drug-likeness (QED) is 0.580. The van der Waals surface area contributed by atoms with Crippen LogP contribution in [0.1, 0.15) is 18.7 Å². The third kappa shape index (κ3) is 2.43. The fraction of sp³-hybridized carbons (Fsp3) is 0.133. The van der Waals surface area contributed by atoms with Crippen molar-refractivity contribution in [3.63, 3.8) is 0 Å². The van der Waals surface area contributed by atoms with Crippen LogP contribution in [-0.2, 0) is 0 Å². The van der Waals surface area contributed by atoms with Crippen molar-refractivity contribution in [3.8, 4) is 0 Å². The summed E-state index contributed by atoms with van der Waals surface area (Å²) in [5.41, 5.74) is 0.858. The number of hydrogen-bond acceptors (Lipinski definition) is 5. The summed E-state index contributed by atoms with van der Waals surface area (Å²) >= 11 is 0. The summed E-state index contributed by atoms with van der Waals surface area (Å²) in [6.45, 7) is 1.96. The molecule has 3 aromatic rings. The van der Waals surface area contributed by atoms with Crippen LogP contribution in [0.4, 0.5) is 11.4 Å². The highest BCUT2D eigenvalue weighted by Gasteiger charge is 2.16. The van der Waals surface area contributed by atoms with Crippen molar-refractivity contribution in [2.75, 3.05) is 5.32 Å². The van der Waals surface area contributed by atoms with Crippen molar-refractivity contribution >= 4 is 22.1 Å². The van der Waals surface area contributed by atoms with Gasteiger partial charge in [0.15, 0.2) is 0 Å². The number of nitrogens with zero attached hydrogens (tertiary/aromatic N) is 2. The molecule has 2 heterocycles. The van der Waals surface area contributed by atoms with Crippen molar-refractivity contribution in [3.05, 3.63) is 64.9 Å². The fourth-order valence-corrected chi connectivity index (χ4v) is 2.30. The average molecular weight is 283 g/mol. The van der Waals surface area contributed by atoms with Gasteiger partial charge in [-0.25, -0.2) is 0 Å². The van der Waals surface area contributed by atoms with E-state index in [-0.39, 0.29) is 16.7 Å². The summed E-state index contributed by atoms with van der Waals surface area (Å²) < 4.78 is 5.36. The molecule has 6 heteroatoms. The van der Waals surface area contributed by atoms with Gasteiger partial charge in [0.25, 0.3) is 5.69 Å². The minimum atomic E-state index is -0.387. The number of anilines is 1. The lowest BCUT2D eigenvalue weighted by Gasteiger charge is -2.14. The molecule has 0 aliphatic carbocycles. The first-order chi connectivity index (χ1) is 10.2. The molecule has 0 saturated carbocycles. The Labute approximate surface area is 120 Å². The van der Waals surface area contributed by atoms with Crippen molar-refractivity contribution in [2.24, 2.45) is 0 Å². The molecule has 1 unspecified atom stereocenters. The minimum Gasteiger partial charge on any atom is -0.467 e. The molecule has 2 aromatic heterocycles. The molecular weight excluding hydrogens is 270 g/mol. The zero-order valence-corrected chi connectivity index (χ0v) is 11.3. The Morgan fingerprint density at radius 1 is 1.29 bits per heavy atom.